The van der Waals surface area contributed by atoms with Crippen LogP contribution in [0.3, 0.4) is 0 Å². The maximum atomic E-state index is 12.7. The first-order chi connectivity index (χ1) is 20.2. The molecular formula is C34H32O8. The molecule has 5 rings (SSSR count). The van der Waals surface area contributed by atoms with Crippen molar-refractivity contribution in [2.45, 2.75) is 39.5 Å². The third kappa shape index (κ3) is 5.61. The molecular weight excluding hydrogens is 536 g/mol. The summed E-state index contributed by atoms with van der Waals surface area (Å²) in [7, 11) is 0. The number of carbonyl (C=O) groups excluding carboxylic acids is 2. The van der Waals surface area contributed by atoms with Crippen molar-refractivity contribution in [1.29, 1.82) is 0 Å². The summed E-state index contributed by atoms with van der Waals surface area (Å²) in [4.78, 5) is 25.5. The van der Waals surface area contributed by atoms with E-state index in [0.29, 0.717) is 44.5 Å². The van der Waals surface area contributed by atoms with E-state index < -0.39 is 11.9 Å². The first-order valence-electron chi connectivity index (χ1n) is 13.8. The highest BCUT2D eigenvalue weighted by molar-refractivity contribution is 5.91. The molecule has 0 saturated heterocycles. The van der Waals surface area contributed by atoms with Crippen LogP contribution >= 0.6 is 0 Å². The second-order valence-electron chi connectivity index (χ2n) is 10.3. The first kappa shape index (κ1) is 28.5. The fourth-order valence-corrected chi connectivity index (χ4v) is 5.40. The maximum absolute atomic E-state index is 12.7. The summed E-state index contributed by atoms with van der Waals surface area (Å²) in [5.41, 5.74) is 4.08. The van der Waals surface area contributed by atoms with E-state index in [2.05, 4.69) is 0 Å². The largest absolute Gasteiger partial charge is 0.507 e. The maximum Gasteiger partial charge on any atom is 0.338 e. The van der Waals surface area contributed by atoms with Gasteiger partial charge in [0.2, 0.25) is 0 Å². The van der Waals surface area contributed by atoms with Crippen LogP contribution in [0.2, 0.25) is 0 Å². The minimum absolute atomic E-state index is 0.0302. The minimum atomic E-state index is -0.545. The molecule has 0 saturated carbocycles. The lowest BCUT2D eigenvalue weighted by Crippen LogP contribution is -2.08. The van der Waals surface area contributed by atoms with E-state index in [9.17, 15) is 30.0 Å². The van der Waals surface area contributed by atoms with Gasteiger partial charge in [0.25, 0.3) is 0 Å². The molecule has 8 bridgehead atoms. The van der Waals surface area contributed by atoms with E-state index in [-0.39, 0.29) is 73.0 Å². The third-order valence-corrected chi connectivity index (χ3v) is 7.49. The Bertz CT molecular complexity index is 1470. The molecule has 1 aliphatic carbocycles. The van der Waals surface area contributed by atoms with Crippen molar-refractivity contribution >= 4 is 11.9 Å². The van der Waals surface area contributed by atoms with Crippen LogP contribution in [0.25, 0.3) is 0 Å². The highest BCUT2D eigenvalue weighted by Gasteiger charge is 2.22. The molecule has 4 aromatic rings. The lowest BCUT2D eigenvalue weighted by molar-refractivity contribution is 0.0516. The van der Waals surface area contributed by atoms with E-state index in [1.807, 2.05) is 0 Å². The van der Waals surface area contributed by atoms with Gasteiger partial charge < -0.3 is 29.9 Å². The second-order valence-corrected chi connectivity index (χ2v) is 10.3. The summed E-state index contributed by atoms with van der Waals surface area (Å²) in [5, 5.41) is 45.2. The average Bonchev–Trinajstić information content (AvgIpc) is 2.96. The monoisotopic (exact) mass is 568 g/mol. The van der Waals surface area contributed by atoms with E-state index >= 15 is 0 Å². The topological polar surface area (TPSA) is 134 Å². The van der Waals surface area contributed by atoms with Crippen LogP contribution < -0.4 is 0 Å². The van der Waals surface area contributed by atoms with Gasteiger partial charge in [0.15, 0.2) is 0 Å². The van der Waals surface area contributed by atoms with Gasteiger partial charge in [-0.15, -0.1) is 0 Å². The Morgan fingerprint density at radius 2 is 0.786 bits per heavy atom. The molecule has 4 aromatic carbocycles. The van der Waals surface area contributed by atoms with Gasteiger partial charge in [-0.2, -0.15) is 0 Å². The molecule has 0 aliphatic heterocycles. The molecule has 0 atom stereocenters. The fraction of sp³-hybridized carbons (Fsp3) is 0.235. The van der Waals surface area contributed by atoms with Crippen LogP contribution in [-0.4, -0.2) is 45.6 Å². The standard InChI is InChI=1S/C34H32O8/c1-3-41-33(39)27-15-23-11-19-7-5-9-21(29(19)35)13-25-17-28(34(40)42-4-2)18-26(32(25)38)14-22-10-6-8-20(30(22)36)12-24(16-27)31(23)37/h5-10,15-18,35-38H,3-4,11-14H2,1-2H3. The Morgan fingerprint density at radius 1 is 0.524 bits per heavy atom. The summed E-state index contributed by atoms with van der Waals surface area (Å²) < 4.78 is 10.4. The number of fused-ring (bicyclic) bond motifs is 8. The number of para-hydroxylation sites is 2. The summed E-state index contributed by atoms with van der Waals surface area (Å²) in [6, 6.07) is 16.6. The number of hydrogen-bond acceptors (Lipinski definition) is 8. The Labute approximate surface area is 243 Å². The smallest absolute Gasteiger partial charge is 0.338 e. The normalized spacial score (nSPS) is 12.4. The summed E-state index contributed by atoms with van der Waals surface area (Å²) in [5.74, 6) is -1.25. The summed E-state index contributed by atoms with van der Waals surface area (Å²) in [6.07, 6.45) is 0.380. The fourth-order valence-electron chi connectivity index (χ4n) is 5.40. The third-order valence-electron chi connectivity index (χ3n) is 7.49. The molecule has 216 valence electrons. The number of esters is 2. The van der Waals surface area contributed by atoms with Crippen molar-refractivity contribution in [1.82, 2.24) is 0 Å². The molecule has 8 nitrogen and oxygen atoms in total. The first-order valence-corrected chi connectivity index (χ1v) is 13.8. The molecule has 1 aliphatic rings. The lowest BCUT2D eigenvalue weighted by atomic mass is 9.90. The number of benzene rings is 4. The Hall–Kier alpha value is -4.98. The van der Waals surface area contributed by atoms with Gasteiger partial charge in [0.05, 0.1) is 24.3 Å². The number of carbonyl (C=O) groups is 2. The van der Waals surface area contributed by atoms with Crippen molar-refractivity contribution in [3.8, 4) is 23.0 Å². The number of phenols is 4. The van der Waals surface area contributed by atoms with E-state index in [0.717, 1.165) is 0 Å². The number of phenolic OH excluding ortho intramolecular Hbond substituents is 4. The molecule has 0 fully saturated rings. The minimum Gasteiger partial charge on any atom is -0.507 e. The summed E-state index contributed by atoms with van der Waals surface area (Å²) in [6.45, 7) is 3.78. The zero-order chi connectivity index (χ0) is 30.0. The zero-order valence-corrected chi connectivity index (χ0v) is 23.4. The van der Waals surface area contributed by atoms with Gasteiger partial charge in [0.1, 0.15) is 23.0 Å². The van der Waals surface area contributed by atoms with Gasteiger partial charge >= 0.3 is 11.9 Å². The van der Waals surface area contributed by atoms with E-state index in [1.54, 1.807) is 74.5 Å². The van der Waals surface area contributed by atoms with Crippen LogP contribution in [0.5, 0.6) is 23.0 Å². The van der Waals surface area contributed by atoms with Crippen molar-refractivity contribution in [3.63, 3.8) is 0 Å². The highest BCUT2D eigenvalue weighted by Crippen LogP contribution is 2.38. The number of hydrogen-bond donors (Lipinski definition) is 4. The molecule has 0 spiro atoms. The Morgan fingerprint density at radius 3 is 1.05 bits per heavy atom. The Kier molecular flexibility index (Phi) is 8.06. The Balaban J connectivity index is 1.74. The molecule has 0 amide bonds. The second kappa shape index (κ2) is 11.9. The van der Waals surface area contributed by atoms with Crippen molar-refractivity contribution in [2.75, 3.05) is 13.2 Å². The molecule has 0 unspecified atom stereocenters. The van der Waals surface area contributed by atoms with E-state index in [1.165, 1.54) is 0 Å². The van der Waals surface area contributed by atoms with Crippen LogP contribution in [0.1, 0.15) is 79.1 Å². The molecule has 0 aromatic heterocycles. The van der Waals surface area contributed by atoms with Gasteiger partial charge in [-0.1, -0.05) is 36.4 Å². The van der Waals surface area contributed by atoms with Crippen LogP contribution in [0, 0.1) is 0 Å². The van der Waals surface area contributed by atoms with Gasteiger partial charge in [0, 0.05) is 25.7 Å². The van der Waals surface area contributed by atoms with Crippen molar-refractivity contribution in [2.24, 2.45) is 0 Å². The van der Waals surface area contributed by atoms with Gasteiger partial charge in [-0.05, 0) is 82.6 Å². The highest BCUT2D eigenvalue weighted by atomic mass is 16.5. The lowest BCUT2D eigenvalue weighted by Gasteiger charge is -2.18. The zero-order valence-electron chi connectivity index (χ0n) is 23.4. The van der Waals surface area contributed by atoms with Crippen LogP contribution in [-0.2, 0) is 35.2 Å². The van der Waals surface area contributed by atoms with Crippen LogP contribution in [0.4, 0.5) is 0 Å². The van der Waals surface area contributed by atoms with Crippen molar-refractivity contribution in [3.05, 3.63) is 116 Å². The van der Waals surface area contributed by atoms with Gasteiger partial charge in [-0.3, -0.25) is 0 Å². The molecule has 0 heterocycles. The van der Waals surface area contributed by atoms with Crippen LogP contribution in [0.15, 0.2) is 60.7 Å². The average molecular weight is 569 g/mol. The molecule has 4 N–H and O–H groups in total. The number of rotatable bonds is 4. The number of aromatic hydroxyl groups is 4. The predicted octanol–water partition coefficient (Wildman–Crippen LogP) is 5.54. The van der Waals surface area contributed by atoms with Crippen molar-refractivity contribution < 1.29 is 39.5 Å². The number of ether oxygens (including phenoxy) is 2. The quantitative estimate of drug-likeness (QED) is 0.208. The molecule has 42 heavy (non-hydrogen) atoms. The van der Waals surface area contributed by atoms with E-state index in [4.69, 9.17) is 9.47 Å². The van der Waals surface area contributed by atoms with Gasteiger partial charge in [-0.25, -0.2) is 9.59 Å². The molecule has 0 radical (unpaired) electrons. The summed E-state index contributed by atoms with van der Waals surface area (Å²) >= 11 is 0. The molecule has 8 heteroatoms. The predicted molar refractivity (Wildman–Crippen MR) is 156 cm³/mol. The SMILES string of the molecule is CCOC(=O)c1cc2c(O)c(c1)Cc1cccc(c1O)Cc1cc(C(=O)OCC)cc(c1O)Cc1cccc(c1O)C2.